The topological polar surface area (TPSA) is 127 Å². The van der Waals surface area contributed by atoms with E-state index in [1.807, 2.05) is 27.7 Å². The maximum absolute atomic E-state index is 11.8. The maximum Gasteiger partial charge on any atom is 0.494 e. The first kappa shape index (κ1) is 29.0. The first-order valence-corrected chi connectivity index (χ1v) is 14.9. The second-order valence-corrected chi connectivity index (χ2v) is 14.0. The Hall–Kier alpha value is -1.28. The Morgan fingerprint density at radius 1 is 0.824 bits per heavy atom. The quantitative estimate of drug-likeness (QED) is 0.517. The fourth-order valence-electron chi connectivity index (χ4n) is 3.18. The number of sulfone groups is 2. The van der Waals surface area contributed by atoms with E-state index in [9.17, 15) is 21.9 Å². The normalized spacial score (nSPS) is 17.3. The summed E-state index contributed by atoms with van der Waals surface area (Å²) in [4.78, 5) is 0.279. The van der Waals surface area contributed by atoms with Crippen molar-refractivity contribution in [1.82, 2.24) is 0 Å². The summed E-state index contributed by atoms with van der Waals surface area (Å²) in [6.07, 6.45) is 2.24. The Kier molecular flexibility index (Phi) is 8.84. The molecule has 12 heteroatoms. The molecule has 0 spiro atoms. The third-order valence-corrected chi connectivity index (χ3v) is 8.64. The molecule has 0 unspecified atom stereocenters. The Bertz CT molecular complexity index is 1250. The minimum Gasteiger partial charge on any atom is -0.399 e. The lowest BCUT2D eigenvalue weighted by atomic mass is 9.79. The lowest BCUT2D eigenvalue weighted by Gasteiger charge is -2.32. The van der Waals surface area contributed by atoms with E-state index in [4.69, 9.17) is 14.4 Å². The molecule has 1 fully saturated rings. The average Bonchev–Trinajstić information content (AvgIpc) is 2.93. The van der Waals surface area contributed by atoms with E-state index in [0.717, 1.165) is 12.5 Å². The highest BCUT2D eigenvalue weighted by molar-refractivity contribution is 9.10. The molecule has 0 radical (unpaired) electrons. The van der Waals surface area contributed by atoms with Crippen molar-refractivity contribution in [1.29, 1.82) is 0 Å². The van der Waals surface area contributed by atoms with Gasteiger partial charge in [-0.15, -0.1) is 0 Å². The number of aliphatic hydroxyl groups is 2. The molecule has 1 aliphatic heterocycles. The first-order chi connectivity index (χ1) is 15.4. The molecule has 8 nitrogen and oxygen atoms in total. The fraction of sp³-hybridized carbons (Fsp3) is 0.455. The Morgan fingerprint density at radius 2 is 1.24 bits per heavy atom. The fourth-order valence-corrected chi connectivity index (χ4v) is 5.60. The largest absolute Gasteiger partial charge is 0.494 e. The van der Waals surface area contributed by atoms with Crippen molar-refractivity contribution in [2.45, 2.75) is 61.9 Å². The van der Waals surface area contributed by atoms with Crippen molar-refractivity contribution in [2.75, 3.05) is 12.5 Å². The van der Waals surface area contributed by atoms with Crippen LogP contribution in [0.25, 0.3) is 0 Å². The van der Waals surface area contributed by atoms with E-state index < -0.39 is 38.0 Å². The highest BCUT2D eigenvalue weighted by atomic mass is 79.9. The molecular formula is C22H32BBrO8S2. The van der Waals surface area contributed by atoms with Gasteiger partial charge >= 0.3 is 7.12 Å². The molecule has 0 atom stereocenters. The molecule has 0 saturated carbocycles. The van der Waals surface area contributed by atoms with Crippen LogP contribution in [0.2, 0.25) is 0 Å². The number of benzene rings is 2. The van der Waals surface area contributed by atoms with Gasteiger partial charge in [-0.3, -0.25) is 0 Å². The molecule has 3 rings (SSSR count). The van der Waals surface area contributed by atoms with Gasteiger partial charge in [-0.05, 0) is 62.5 Å². The van der Waals surface area contributed by atoms with Gasteiger partial charge in [0.2, 0.25) is 0 Å². The summed E-state index contributed by atoms with van der Waals surface area (Å²) in [6.45, 7) is 7.15. The van der Waals surface area contributed by atoms with Crippen LogP contribution in [0.1, 0.15) is 40.2 Å². The van der Waals surface area contributed by atoms with Gasteiger partial charge in [0.1, 0.15) is 0 Å². The molecule has 1 heterocycles. The van der Waals surface area contributed by atoms with E-state index >= 15 is 0 Å². The van der Waals surface area contributed by atoms with E-state index in [1.165, 1.54) is 12.1 Å². The highest BCUT2D eigenvalue weighted by Gasteiger charge is 2.51. The molecule has 0 amide bonds. The third kappa shape index (κ3) is 6.69. The van der Waals surface area contributed by atoms with Crippen molar-refractivity contribution < 1.29 is 37.8 Å². The summed E-state index contributed by atoms with van der Waals surface area (Å²) in [5.41, 5.74) is 0.451. The van der Waals surface area contributed by atoms with Gasteiger partial charge in [-0.25, -0.2) is 16.8 Å². The summed E-state index contributed by atoms with van der Waals surface area (Å²) in [5, 5.41) is 18.2. The standard InChI is InChI=1S/C14H21BO5S.C8H9BrO3S.H2/c1-13(2)14(3,4)20-15(19-13)11-7-6-10(9-16)12(8-11)21(5,17)18;1-13(11,12)8-4-7(9)3-2-6(8)5-10;/h6-8,16H,9H2,1-5H3;2-4,10H,5H2,1H3;1H/i;;1+1. The van der Waals surface area contributed by atoms with Crippen LogP contribution in [0.5, 0.6) is 0 Å². The van der Waals surface area contributed by atoms with E-state index in [0.29, 0.717) is 21.1 Å². The van der Waals surface area contributed by atoms with Crippen LogP contribution in [0.15, 0.2) is 50.7 Å². The smallest absolute Gasteiger partial charge is 0.399 e. The third-order valence-electron chi connectivity index (χ3n) is 5.79. The van der Waals surface area contributed by atoms with Crippen molar-refractivity contribution in [2.24, 2.45) is 0 Å². The van der Waals surface area contributed by atoms with Crippen molar-refractivity contribution >= 4 is 48.2 Å². The van der Waals surface area contributed by atoms with Crippen LogP contribution in [0, 0.1) is 0 Å². The van der Waals surface area contributed by atoms with Crippen molar-refractivity contribution in [3.8, 4) is 0 Å². The maximum atomic E-state index is 11.8. The molecule has 0 aromatic heterocycles. The predicted octanol–water partition coefficient (Wildman–Crippen LogP) is 2.47. The minimum atomic E-state index is -3.43. The van der Waals surface area contributed by atoms with E-state index in [1.54, 1.807) is 24.3 Å². The van der Waals surface area contributed by atoms with Gasteiger partial charge in [0.05, 0.1) is 34.2 Å². The number of hydrogen-bond acceptors (Lipinski definition) is 8. The van der Waals surface area contributed by atoms with Gasteiger partial charge in [0.15, 0.2) is 19.7 Å². The highest BCUT2D eigenvalue weighted by Crippen LogP contribution is 2.36. The van der Waals surface area contributed by atoms with Crippen LogP contribution in [-0.2, 0) is 42.2 Å². The SMILES string of the molecule is CC1(C)OB(c2ccc(CO)c(S(C)(=O)=O)c2)OC1(C)C.CS(=O)(=O)c1cc(Br)ccc1CO.[2HH]. The predicted molar refractivity (Wildman–Crippen MR) is 136 cm³/mol. The zero-order valence-corrected chi connectivity index (χ0v) is 23.2. The number of rotatable bonds is 5. The van der Waals surface area contributed by atoms with Crippen LogP contribution >= 0.6 is 15.9 Å². The van der Waals surface area contributed by atoms with Crippen LogP contribution in [-0.4, -0.2) is 57.9 Å². The monoisotopic (exact) mass is 579 g/mol. The average molecular weight is 580 g/mol. The van der Waals surface area contributed by atoms with Gasteiger partial charge < -0.3 is 19.5 Å². The second-order valence-electron chi connectivity index (χ2n) is 9.07. The molecule has 34 heavy (non-hydrogen) atoms. The molecule has 0 aliphatic carbocycles. The molecule has 2 aromatic rings. The zero-order valence-electron chi connectivity index (χ0n) is 20.0. The Labute approximate surface area is 211 Å². The molecule has 1 saturated heterocycles. The second kappa shape index (κ2) is 10.4. The number of halogens is 1. The summed E-state index contributed by atoms with van der Waals surface area (Å²) in [6, 6.07) is 9.60. The van der Waals surface area contributed by atoms with E-state index in [2.05, 4.69) is 15.9 Å². The van der Waals surface area contributed by atoms with Crippen molar-refractivity contribution in [3.05, 3.63) is 52.0 Å². The lowest BCUT2D eigenvalue weighted by Crippen LogP contribution is -2.41. The summed E-state index contributed by atoms with van der Waals surface area (Å²) in [5.74, 6) is 0. The van der Waals surface area contributed by atoms with Crippen LogP contribution in [0.4, 0.5) is 0 Å². The van der Waals surface area contributed by atoms with Crippen molar-refractivity contribution in [3.63, 3.8) is 0 Å². The van der Waals surface area contributed by atoms with Gasteiger partial charge in [-0.1, -0.05) is 34.1 Å². The molecular weight excluding hydrogens is 547 g/mol. The summed E-state index contributed by atoms with van der Waals surface area (Å²) in [7, 11) is -7.31. The van der Waals surface area contributed by atoms with Crippen LogP contribution in [0.3, 0.4) is 0 Å². The minimum absolute atomic E-state index is 0. The molecule has 190 valence electrons. The van der Waals surface area contributed by atoms with Crippen LogP contribution < -0.4 is 5.46 Å². The van der Waals surface area contributed by atoms with Gasteiger partial charge in [0.25, 0.3) is 0 Å². The van der Waals surface area contributed by atoms with Gasteiger partial charge in [0, 0.05) is 18.4 Å². The molecule has 2 N–H and O–H groups in total. The zero-order chi connectivity index (χ0) is 26.1. The van der Waals surface area contributed by atoms with E-state index in [-0.39, 0.29) is 24.4 Å². The lowest BCUT2D eigenvalue weighted by molar-refractivity contribution is 0.00578. The summed E-state index contributed by atoms with van der Waals surface area (Å²) >= 11 is 3.17. The Balaban J connectivity index is 0.000000378. The number of hydrogen-bond donors (Lipinski definition) is 2. The Morgan fingerprint density at radius 3 is 1.65 bits per heavy atom. The number of aliphatic hydroxyl groups excluding tert-OH is 2. The molecule has 0 bridgehead atoms. The summed E-state index contributed by atoms with van der Waals surface area (Å²) < 4.78 is 58.7. The van der Waals surface area contributed by atoms with Gasteiger partial charge in [-0.2, -0.15) is 0 Å². The first-order valence-electron chi connectivity index (χ1n) is 10.3. The molecule has 1 aliphatic rings. The molecule has 2 aromatic carbocycles.